The van der Waals surface area contributed by atoms with E-state index in [0.29, 0.717) is 17.3 Å². The van der Waals surface area contributed by atoms with Crippen molar-refractivity contribution in [2.75, 3.05) is 4.90 Å². The van der Waals surface area contributed by atoms with Gasteiger partial charge in [0, 0.05) is 11.6 Å². The number of carbonyl (C=O) groups excluding carboxylic acids is 2. The van der Waals surface area contributed by atoms with E-state index in [9.17, 15) is 9.59 Å². The molecule has 23 heavy (non-hydrogen) atoms. The Morgan fingerprint density at radius 2 is 1.91 bits per heavy atom. The first-order valence-electron chi connectivity index (χ1n) is 7.46. The standard InChI is InChI=1S/C18H17ClN2O2/c1-12-5-7-15(8-6-12)21-17(22)10-16(18(21)23)20-11-13-3-2-4-14(19)9-13/h2-9,16,20H,10-11H2,1H3. The molecule has 1 unspecified atom stereocenters. The normalized spacial score (nSPS) is 17.8. The molecule has 5 heteroatoms. The van der Waals surface area contributed by atoms with Crippen LogP contribution in [0.1, 0.15) is 17.5 Å². The molecule has 3 rings (SSSR count). The van der Waals surface area contributed by atoms with E-state index in [1.807, 2.05) is 37.3 Å². The lowest BCUT2D eigenvalue weighted by Gasteiger charge is -2.16. The third kappa shape index (κ3) is 3.44. The second-order valence-electron chi connectivity index (χ2n) is 5.67. The Bertz CT molecular complexity index is 743. The summed E-state index contributed by atoms with van der Waals surface area (Å²) in [5, 5.41) is 3.80. The first-order chi connectivity index (χ1) is 11.0. The van der Waals surface area contributed by atoms with Gasteiger partial charge >= 0.3 is 0 Å². The highest BCUT2D eigenvalue weighted by Gasteiger charge is 2.39. The Kier molecular flexibility index (Phi) is 4.46. The van der Waals surface area contributed by atoms with Gasteiger partial charge < -0.3 is 5.32 Å². The van der Waals surface area contributed by atoms with E-state index in [1.165, 1.54) is 4.90 Å². The van der Waals surface area contributed by atoms with Crippen molar-refractivity contribution in [1.82, 2.24) is 5.32 Å². The van der Waals surface area contributed by atoms with Crippen molar-refractivity contribution in [1.29, 1.82) is 0 Å². The number of imide groups is 1. The van der Waals surface area contributed by atoms with Crippen molar-refractivity contribution < 1.29 is 9.59 Å². The molecule has 0 aromatic heterocycles. The first kappa shape index (κ1) is 15.7. The summed E-state index contributed by atoms with van der Waals surface area (Å²) in [6, 6.07) is 14.3. The van der Waals surface area contributed by atoms with Crippen LogP contribution in [0.2, 0.25) is 5.02 Å². The fraction of sp³-hybridized carbons (Fsp3) is 0.222. The lowest BCUT2D eigenvalue weighted by molar-refractivity contribution is -0.121. The number of hydrogen-bond acceptors (Lipinski definition) is 3. The Morgan fingerprint density at radius 3 is 2.61 bits per heavy atom. The van der Waals surface area contributed by atoms with Gasteiger partial charge in [0.15, 0.2) is 0 Å². The minimum Gasteiger partial charge on any atom is -0.301 e. The van der Waals surface area contributed by atoms with Crippen molar-refractivity contribution >= 4 is 29.1 Å². The van der Waals surface area contributed by atoms with Gasteiger partial charge in [0.05, 0.1) is 18.2 Å². The fourth-order valence-electron chi connectivity index (χ4n) is 2.64. The Morgan fingerprint density at radius 1 is 1.17 bits per heavy atom. The maximum Gasteiger partial charge on any atom is 0.251 e. The molecule has 2 aromatic rings. The summed E-state index contributed by atoms with van der Waals surface area (Å²) in [5.41, 5.74) is 2.69. The highest BCUT2D eigenvalue weighted by atomic mass is 35.5. The van der Waals surface area contributed by atoms with Gasteiger partial charge in [0.2, 0.25) is 5.91 Å². The van der Waals surface area contributed by atoms with E-state index in [2.05, 4.69) is 5.32 Å². The minimum atomic E-state index is -0.497. The van der Waals surface area contributed by atoms with Crippen LogP contribution < -0.4 is 10.2 Å². The second kappa shape index (κ2) is 6.52. The largest absolute Gasteiger partial charge is 0.301 e. The number of rotatable bonds is 4. The van der Waals surface area contributed by atoms with Gasteiger partial charge in [-0.05, 0) is 36.8 Å². The number of hydrogen-bond donors (Lipinski definition) is 1. The van der Waals surface area contributed by atoms with Crippen molar-refractivity contribution in [3.8, 4) is 0 Å². The third-order valence-corrected chi connectivity index (χ3v) is 4.12. The number of carbonyl (C=O) groups is 2. The Labute approximate surface area is 140 Å². The molecule has 1 N–H and O–H groups in total. The number of aryl methyl sites for hydroxylation is 1. The number of anilines is 1. The number of nitrogens with one attached hydrogen (secondary N) is 1. The molecule has 118 valence electrons. The summed E-state index contributed by atoms with van der Waals surface area (Å²) < 4.78 is 0. The summed E-state index contributed by atoms with van der Waals surface area (Å²) in [7, 11) is 0. The average molecular weight is 329 g/mol. The van der Waals surface area contributed by atoms with E-state index in [0.717, 1.165) is 11.1 Å². The molecule has 0 bridgehead atoms. The van der Waals surface area contributed by atoms with Crippen LogP contribution >= 0.6 is 11.6 Å². The van der Waals surface area contributed by atoms with Gasteiger partial charge in [0.25, 0.3) is 5.91 Å². The van der Waals surface area contributed by atoms with Crippen LogP contribution in [0.3, 0.4) is 0 Å². The van der Waals surface area contributed by atoms with Gasteiger partial charge in [-0.25, -0.2) is 4.90 Å². The zero-order chi connectivity index (χ0) is 16.4. The molecule has 2 aromatic carbocycles. The summed E-state index contributed by atoms with van der Waals surface area (Å²) in [6.07, 6.45) is 0.174. The van der Waals surface area contributed by atoms with E-state index < -0.39 is 6.04 Å². The van der Waals surface area contributed by atoms with Crippen LogP contribution in [0.4, 0.5) is 5.69 Å². The molecule has 1 heterocycles. The van der Waals surface area contributed by atoms with Gasteiger partial charge in [-0.3, -0.25) is 9.59 Å². The summed E-state index contributed by atoms with van der Waals surface area (Å²) in [5.74, 6) is -0.386. The molecule has 0 radical (unpaired) electrons. The fourth-order valence-corrected chi connectivity index (χ4v) is 2.86. The third-order valence-electron chi connectivity index (χ3n) is 3.88. The van der Waals surface area contributed by atoms with E-state index in [1.54, 1.807) is 18.2 Å². The van der Waals surface area contributed by atoms with Crippen LogP contribution in [0.25, 0.3) is 0 Å². The topological polar surface area (TPSA) is 49.4 Å². The molecule has 0 spiro atoms. The van der Waals surface area contributed by atoms with Crippen LogP contribution in [-0.4, -0.2) is 17.9 Å². The average Bonchev–Trinajstić information content (AvgIpc) is 2.81. The van der Waals surface area contributed by atoms with Crippen molar-refractivity contribution in [3.63, 3.8) is 0 Å². The molecule has 4 nitrogen and oxygen atoms in total. The van der Waals surface area contributed by atoms with Crippen molar-refractivity contribution in [2.24, 2.45) is 0 Å². The molecule has 1 fully saturated rings. The number of nitrogens with zero attached hydrogens (tertiary/aromatic N) is 1. The van der Waals surface area contributed by atoms with Crippen LogP contribution in [-0.2, 0) is 16.1 Å². The predicted octanol–water partition coefficient (Wildman–Crippen LogP) is 3.07. The highest BCUT2D eigenvalue weighted by Crippen LogP contribution is 2.23. The summed E-state index contributed by atoms with van der Waals surface area (Å²) in [6.45, 7) is 2.46. The Balaban J connectivity index is 1.70. The van der Waals surface area contributed by atoms with Crippen LogP contribution in [0.5, 0.6) is 0 Å². The molecule has 1 saturated heterocycles. The van der Waals surface area contributed by atoms with Crippen LogP contribution in [0, 0.1) is 6.92 Å². The van der Waals surface area contributed by atoms with Gasteiger partial charge in [-0.15, -0.1) is 0 Å². The predicted molar refractivity (Wildman–Crippen MR) is 90.4 cm³/mol. The maximum absolute atomic E-state index is 12.5. The quantitative estimate of drug-likeness (QED) is 0.877. The van der Waals surface area contributed by atoms with Crippen molar-refractivity contribution in [3.05, 3.63) is 64.7 Å². The monoisotopic (exact) mass is 328 g/mol. The second-order valence-corrected chi connectivity index (χ2v) is 6.11. The highest BCUT2D eigenvalue weighted by molar-refractivity contribution is 6.30. The number of amides is 2. The van der Waals surface area contributed by atoms with Gasteiger partial charge in [0.1, 0.15) is 0 Å². The molecule has 0 saturated carbocycles. The molecule has 2 amide bonds. The SMILES string of the molecule is Cc1ccc(N2C(=O)CC(NCc3cccc(Cl)c3)C2=O)cc1. The zero-order valence-corrected chi connectivity index (χ0v) is 13.5. The number of benzene rings is 2. The van der Waals surface area contributed by atoms with Gasteiger partial charge in [-0.1, -0.05) is 41.4 Å². The lowest BCUT2D eigenvalue weighted by atomic mass is 10.2. The first-order valence-corrected chi connectivity index (χ1v) is 7.84. The van der Waals surface area contributed by atoms with E-state index in [-0.39, 0.29) is 18.2 Å². The minimum absolute atomic E-state index is 0.174. The molecule has 0 aliphatic carbocycles. The van der Waals surface area contributed by atoms with Crippen LogP contribution in [0.15, 0.2) is 48.5 Å². The van der Waals surface area contributed by atoms with E-state index in [4.69, 9.17) is 11.6 Å². The maximum atomic E-state index is 12.5. The van der Waals surface area contributed by atoms with E-state index >= 15 is 0 Å². The van der Waals surface area contributed by atoms with Crippen molar-refractivity contribution in [2.45, 2.75) is 25.9 Å². The molecular formula is C18H17ClN2O2. The summed E-state index contributed by atoms with van der Waals surface area (Å²) in [4.78, 5) is 26.0. The molecule has 1 aliphatic heterocycles. The summed E-state index contributed by atoms with van der Waals surface area (Å²) >= 11 is 5.95. The lowest BCUT2D eigenvalue weighted by Crippen LogP contribution is -2.38. The van der Waals surface area contributed by atoms with Gasteiger partial charge in [-0.2, -0.15) is 0 Å². The zero-order valence-electron chi connectivity index (χ0n) is 12.8. The molecule has 1 atom stereocenters. The number of halogens is 1. The molecule has 1 aliphatic rings. The Hall–Kier alpha value is -2.17. The smallest absolute Gasteiger partial charge is 0.251 e. The molecular weight excluding hydrogens is 312 g/mol.